The Morgan fingerprint density at radius 3 is 2.65 bits per heavy atom. The maximum atomic E-state index is 12.8. The first-order valence-corrected chi connectivity index (χ1v) is 9.09. The zero-order valence-corrected chi connectivity index (χ0v) is 16.0. The number of pyridine rings is 2. The second kappa shape index (κ2) is 8.10. The zero-order chi connectivity index (χ0) is 18.5. The molecule has 0 atom stereocenters. The molecule has 0 saturated carbocycles. The highest BCUT2D eigenvalue weighted by atomic mass is 79.9. The smallest absolute Gasteiger partial charge is 0.215 e. The molecule has 0 aliphatic rings. The van der Waals surface area contributed by atoms with Crippen LogP contribution in [0.5, 0.6) is 0 Å². The van der Waals surface area contributed by atoms with Gasteiger partial charge in [-0.1, -0.05) is 36.4 Å². The molecule has 5 nitrogen and oxygen atoms in total. The number of benzene rings is 1. The van der Waals surface area contributed by atoms with Gasteiger partial charge in [-0.2, -0.15) is 0 Å². The van der Waals surface area contributed by atoms with Crippen molar-refractivity contribution < 1.29 is 4.79 Å². The van der Waals surface area contributed by atoms with Crippen molar-refractivity contribution in [1.82, 2.24) is 9.97 Å². The molecule has 0 unspecified atom stereocenters. The van der Waals surface area contributed by atoms with Crippen molar-refractivity contribution in [1.29, 1.82) is 0 Å². The standard InChI is InChI=1S/C20H19BrN4O/c1-2-25(13-14-7-4-3-5-8-14)18-10-6-9-17(24-18)19(26)16-11-15(21)12-23-20(16)22/h3-12H,2,13H2,1H3,(H2,22,23). The molecule has 0 radical (unpaired) electrons. The molecule has 2 heterocycles. The van der Waals surface area contributed by atoms with Crippen LogP contribution < -0.4 is 10.6 Å². The van der Waals surface area contributed by atoms with Gasteiger partial charge in [0, 0.05) is 23.8 Å². The normalized spacial score (nSPS) is 10.5. The number of anilines is 2. The summed E-state index contributed by atoms with van der Waals surface area (Å²) in [6, 6.07) is 17.3. The van der Waals surface area contributed by atoms with E-state index in [1.54, 1.807) is 18.3 Å². The fraction of sp³-hybridized carbons (Fsp3) is 0.150. The molecule has 132 valence electrons. The number of carbonyl (C=O) groups excluding carboxylic acids is 1. The van der Waals surface area contributed by atoms with E-state index in [0.717, 1.165) is 18.9 Å². The monoisotopic (exact) mass is 410 g/mol. The van der Waals surface area contributed by atoms with Crippen molar-refractivity contribution >= 4 is 33.3 Å². The highest BCUT2D eigenvalue weighted by Crippen LogP contribution is 2.21. The van der Waals surface area contributed by atoms with Crippen molar-refractivity contribution in [2.75, 3.05) is 17.2 Å². The number of nitrogens with two attached hydrogens (primary N) is 1. The van der Waals surface area contributed by atoms with Crippen LogP contribution in [0.15, 0.2) is 65.3 Å². The van der Waals surface area contributed by atoms with Crippen molar-refractivity contribution in [2.24, 2.45) is 0 Å². The number of nitrogen functional groups attached to an aromatic ring is 1. The molecule has 6 heteroatoms. The van der Waals surface area contributed by atoms with E-state index >= 15 is 0 Å². The molecule has 0 bridgehead atoms. The third kappa shape index (κ3) is 4.08. The van der Waals surface area contributed by atoms with Crippen LogP contribution in [0.3, 0.4) is 0 Å². The van der Waals surface area contributed by atoms with Crippen LogP contribution in [0.2, 0.25) is 0 Å². The van der Waals surface area contributed by atoms with Gasteiger partial charge in [0.15, 0.2) is 0 Å². The fourth-order valence-electron chi connectivity index (χ4n) is 2.65. The highest BCUT2D eigenvalue weighted by Gasteiger charge is 2.17. The molecule has 3 aromatic rings. The average Bonchev–Trinajstić information content (AvgIpc) is 2.68. The van der Waals surface area contributed by atoms with Crippen LogP contribution in [-0.2, 0) is 6.54 Å². The Morgan fingerprint density at radius 2 is 1.92 bits per heavy atom. The van der Waals surface area contributed by atoms with Gasteiger partial charge < -0.3 is 10.6 Å². The van der Waals surface area contributed by atoms with Gasteiger partial charge in [0.05, 0.1) is 5.56 Å². The third-order valence-corrected chi connectivity index (χ3v) is 4.45. The Hall–Kier alpha value is -2.73. The van der Waals surface area contributed by atoms with Gasteiger partial charge in [-0.05, 0) is 46.6 Å². The maximum absolute atomic E-state index is 12.8. The number of carbonyl (C=O) groups is 1. The summed E-state index contributed by atoms with van der Waals surface area (Å²) in [4.78, 5) is 23.5. The Kier molecular flexibility index (Phi) is 5.63. The molecule has 0 amide bonds. The Morgan fingerprint density at radius 1 is 1.15 bits per heavy atom. The summed E-state index contributed by atoms with van der Waals surface area (Å²) in [5.41, 5.74) is 7.74. The van der Waals surface area contributed by atoms with E-state index < -0.39 is 0 Å². The van der Waals surface area contributed by atoms with Gasteiger partial charge in [-0.25, -0.2) is 9.97 Å². The average molecular weight is 411 g/mol. The quantitative estimate of drug-likeness (QED) is 0.619. The summed E-state index contributed by atoms with van der Waals surface area (Å²) < 4.78 is 0.700. The van der Waals surface area contributed by atoms with Gasteiger partial charge >= 0.3 is 0 Å². The summed E-state index contributed by atoms with van der Waals surface area (Å²) in [6.07, 6.45) is 1.56. The highest BCUT2D eigenvalue weighted by molar-refractivity contribution is 9.10. The molecule has 0 fully saturated rings. The van der Waals surface area contributed by atoms with E-state index in [-0.39, 0.29) is 11.6 Å². The number of hydrogen-bond donors (Lipinski definition) is 1. The third-order valence-electron chi connectivity index (χ3n) is 4.02. The number of halogens is 1. The maximum Gasteiger partial charge on any atom is 0.215 e. The molecule has 0 aliphatic carbocycles. The predicted molar refractivity (Wildman–Crippen MR) is 107 cm³/mol. The van der Waals surface area contributed by atoms with Crippen LogP contribution >= 0.6 is 15.9 Å². The van der Waals surface area contributed by atoms with Gasteiger partial charge in [0.1, 0.15) is 17.3 Å². The van der Waals surface area contributed by atoms with Crippen molar-refractivity contribution in [3.63, 3.8) is 0 Å². The molecule has 1 aromatic carbocycles. The van der Waals surface area contributed by atoms with Gasteiger partial charge in [-0.3, -0.25) is 4.79 Å². The summed E-state index contributed by atoms with van der Waals surface area (Å²) in [5, 5.41) is 0. The zero-order valence-electron chi connectivity index (χ0n) is 14.4. The summed E-state index contributed by atoms with van der Waals surface area (Å²) >= 11 is 3.32. The van der Waals surface area contributed by atoms with Gasteiger partial charge in [-0.15, -0.1) is 0 Å². The summed E-state index contributed by atoms with van der Waals surface area (Å²) in [7, 11) is 0. The molecular formula is C20H19BrN4O. The van der Waals surface area contributed by atoms with E-state index in [4.69, 9.17) is 5.73 Å². The second-order valence-corrected chi connectivity index (χ2v) is 6.71. The minimum Gasteiger partial charge on any atom is -0.383 e. The lowest BCUT2D eigenvalue weighted by Crippen LogP contribution is -2.23. The van der Waals surface area contributed by atoms with Crippen LogP contribution in [0.4, 0.5) is 11.6 Å². The van der Waals surface area contributed by atoms with E-state index in [1.807, 2.05) is 30.3 Å². The van der Waals surface area contributed by atoms with Crippen molar-refractivity contribution in [3.8, 4) is 0 Å². The molecule has 0 saturated heterocycles. The topological polar surface area (TPSA) is 72.1 Å². The molecule has 0 aliphatic heterocycles. The first-order chi connectivity index (χ1) is 12.6. The number of nitrogens with zero attached hydrogens (tertiary/aromatic N) is 3. The van der Waals surface area contributed by atoms with Gasteiger partial charge in [0.2, 0.25) is 5.78 Å². The van der Waals surface area contributed by atoms with Crippen LogP contribution in [0.1, 0.15) is 28.5 Å². The van der Waals surface area contributed by atoms with Crippen molar-refractivity contribution in [2.45, 2.75) is 13.5 Å². The molecule has 3 rings (SSSR count). The minimum absolute atomic E-state index is 0.196. The number of hydrogen-bond acceptors (Lipinski definition) is 5. The SMILES string of the molecule is CCN(Cc1ccccc1)c1cccc(C(=O)c2cc(Br)cnc2N)n1. The van der Waals surface area contributed by atoms with E-state index in [0.29, 0.717) is 15.7 Å². The number of ketones is 1. The van der Waals surface area contributed by atoms with E-state index in [2.05, 4.69) is 49.9 Å². The lowest BCUT2D eigenvalue weighted by molar-refractivity contribution is 0.103. The lowest BCUT2D eigenvalue weighted by atomic mass is 10.1. The predicted octanol–water partition coefficient (Wildman–Crippen LogP) is 4.08. The number of aromatic nitrogens is 2. The molecular weight excluding hydrogens is 392 g/mol. The molecule has 2 aromatic heterocycles. The first kappa shape index (κ1) is 18.1. The Labute approximate surface area is 161 Å². The minimum atomic E-state index is -0.242. The van der Waals surface area contributed by atoms with Crippen LogP contribution in [0.25, 0.3) is 0 Å². The van der Waals surface area contributed by atoms with Gasteiger partial charge in [0.25, 0.3) is 0 Å². The van der Waals surface area contributed by atoms with Crippen LogP contribution in [-0.4, -0.2) is 22.3 Å². The van der Waals surface area contributed by atoms with Crippen molar-refractivity contribution in [3.05, 3.63) is 82.1 Å². The summed E-state index contributed by atoms with van der Waals surface area (Å²) in [5.74, 6) is 0.708. The lowest BCUT2D eigenvalue weighted by Gasteiger charge is -2.22. The summed E-state index contributed by atoms with van der Waals surface area (Å²) in [6.45, 7) is 3.57. The molecule has 26 heavy (non-hydrogen) atoms. The first-order valence-electron chi connectivity index (χ1n) is 8.30. The largest absolute Gasteiger partial charge is 0.383 e. The molecule has 0 spiro atoms. The fourth-order valence-corrected chi connectivity index (χ4v) is 2.99. The van der Waals surface area contributed by atoms with E-state index in [1.165, 1.54) is 5.56 Å². The molecule has 2 N–H and O–H groups in total. The Bertz CT molecular complexity index is 915. The van der Waals surface area contributed by atoms with Crippen LogP contribution in [0, 0.1) is 0 Å². The number of rotatable bonds is 6. The van der Waals surface area contributed by atoms with E-state index in [9.17, 15) is 4.79 Å². The Balaban J connectivity index is 1.89. The second-order valence-electron chi connectivity index (χ2n) is 5.80.